The van der Waals surface area contributed by atoms with Gasteiger partial charge < -0.3 is 0 Å². The second-order valence-corrected chi connectivity index (χ2v) is 16.0. The first kappa shape index (κ1) is 33.9. The van der Waals surface area contributed by atoms with Gasteiger partial charge in [0, 0.05) is 24.2 Å². The van der Waals surface area contributed by atoms with Crippen molar-refractivity contribution in [3.05, 3.63) is 143 Å². The minimum Gasteiger partial charge on any atom is -0.270 e. The third kappa shape index (κ3) is 8.03. The fraction of sp³-hybridized carbons (Fsp3) is 0.243. The van der Waals surface area contributed by atoms with Crippen LogP contribution in [-0.4, -0.2) is 46.4 Å². The van der Waals surface area contributed by atoms with Gasteiger partial charge in [-0.2, -0.15) is 0 Å². The van der Waals surface area contributed by atoms with Crippen LogP contribution in [-0.2, 0) is 44.0 Å². The van der Waals surface area contributed by atoms with Crippen molar-refractivity contribution in [3.8, 4) is 11.4 Å². The molecular weight excluding hydrogens is 657 g/mol. The van der Waals surface area contributed by atoms with E-state index in [0.717, 1.165) is 17.5 Å². The molecule has 12 heteroatoms. The normalized spacial score (nSPS) is 12.0. The summed E-state index contributed by atoms with van der Waals surface area (Å²) in [6.07, 6.45) is 3.19. The highest BCUT2D eigenvalue weighted by atomic mass is 32.2. The number of aromatic nitrogens is 6. The molecule has 6 rings (SSSR count). The quantitative estimate of drug-likeness (QED) is 0.120. The molecular formula is C37H38N6O4S2. The number of aryl methyl sites for hydroxylation is 4. The second kappa shape index (κ2) is 14.7. The summed E-state index contributed by atoms with van der Waals surface area (Å²) in [7, 11) is -7.59. The Kier molecular flexibility index (Phi) is 10.2. The molecule has 0 bridgehead atoms. The van der Waals surface area contributed by atoms with Crippen molar-refractivity contribution in [1.82, 2.24) is 29.5 Å². The molecule has 49 heavy (non-hydrogen) atoms. The van der Waals surface area contributed by atoms with Crippen LogP contribution in [0.1, 0.15) is 53.2 Å². The summed E-state index contributed by atoms with van der Waals surface area (Å²) in [5, 5.41) is 16.9. The van der Waals surface area contributed by atoms with E-state index in [4.69, 9.17) is 0 Å². The lowest BCUT2D eigenvalue weighted by Crippen LogP contribution is -2.14. The van der Waals surface area contributed by atoms with Crippen molar-refractivity contribution in [2.75, 3.05) is 0 Å². The molecule has 2 aromatic heterocycles. The van der Waals surface area contributed by atoms with Gasteiger partial charge in [-0.15, -0.1) is 20.4 Å². The minimum atomic E-state index is -3.80. The van der Waals surface area contributed by atoms with Crippen LogP contribution in [0.3, 0.4) is 0 Å². The van der Waals surface area contributed by atoms with Gasteiger partial charge in [0.25, 0.3) is 10.3 Å². The van der Waals surface area contributed by atoms with Crippen LogP contribution in [0.5, 0.6) is 0 Å². The van der Waals surface area contributed by atoms with Gasteiger partial charge in [0.1, 0.15) is 11.6 Å². The van der Waals surface area contributed by atoms with E-state index < -0.39 is 19.7 Å². The molecule has 0 atom stereocenters. The van der Waals surface area contributed by atoms with Crippen molar-refractivity contribution in [3.63, 3.8) is 0 Å². The first-order valence-electron chi connectivity index (χ1n) is 16.2. The maximum atomic E-state index is 13.6. The van der Waals surface area contributed by atoms with Crippen LogP contribution in [0.25, 0.3) is 11.4 Å². The number of nitrogens with zero attached hydrogens (tertiary/aromatic N) is 6. The maximum Gasteiger partial charge on any atom is 0.254 e. The lowest BCUT2D eigenvalue weighted by atomic mass is 10.1. The number of hydrogen-bond acceptors (Lipinski definition) is 8. The molecule has 0 saturated carbocycles. The highest BCUT2D eigenvalue weighted by molar-refractivity contribution is 7.90. The van der Waals surface area contributed by atoms with Crippen LogP contribution in [0.15, 0.2) is 120 Å². The van der Waals surface area contributed by atoms with E-state index in [2.05, 4.69) is 20.4 Å². The zero-order valence-corrected chi connectivity index (χ0v) is 29.1. The van der Waals surface area contributed by atoms with Gasteiger partial charge in [0.2, 0.25) is 19.7 Å². The smallest absolute Gasteiger partial charge is 0.254 e. The molecule has 0 radical (unpaired) electrons. The molecule has 252 valence electrons. The van der Waals surface area contributed by atoms with Gasteiger partial charge in [-0.1, -0.05) is 91.3 Å². The van der Waals surface area contributed by atoms with E-state index in [0.29, 0.717) is 59.8 Å². The van der Waals surface area contributed by atoms with Crippen LogP contribution >= 0.6 is 0 Å². The topological polar surface area (TPSA) is 130 Å². The summed E-state index contributed by atoms with van der Waals surface area (Å²) < 4.78 is 57.7. The van der Waals surface area contributed by atoms with Gasteiger partial charge in [-0.25, -0.2) is 16.8 Å². The molecule has 0 fully saturated rings. The number of hydrogen-bond donors (Lipinski definition) is 0. The average molecular weight is 695 g/mol. The lowest BCUT2D eigenvalue weighted by Gasteiger charge is -2.12. The van der Waals surface area contributed by atoms with E-state index in [1.165, 1.54) is 0 Å². The molecule has 0 spiro atoms. The first-order chi connectivity index (χ1) is 23.6. The zero-order valence-electron chi connectivity index (χ0n) is 27.5. The van der Waals surface area contributed by atoms with E-state index in [1.807, 2.05) is 98.8 Å². The predicted octanol–water partition coefficient (Wildman–Crippen LogP) is 6.37. The Morgan fingerprint density at radius 1 is 0.490 bits per heavy atom. The second-order valence-electron chi connectivity index (χ2n) is 12.2. The van der Waals surface area contributed by atoms with Gasteiger partial charge in [-0.3, -0.25) is 9.13 Å². The predicted molar refractivity (Wildman–Crippen MR) is 188 cm³/mol. The Bertz CT molecular complexity index is 2110. The summed E-state index contributed by atoms with van der Waals surface area (Å²) in [5.41, 5.74) is 4.73. The third-order valence-corrected chi connectivity index (χ3v) is 11.2. The zero-order chi connectivity index (χ0) is 34.4. The summed E-state index contributed by atoms with van der Waals surface area (Å²) >= 11 is 0. The molecule has 0 amide bonds. The number of benzene rings is 4. The van der Waals surface area contributed by atoms with E-state index >= 15 is 0 Å². The first-order valence-corrected chi connectivity index (χ1v) is 19.5. The molecule has 4 aromatic carbocycles. The molecule has 0 unspecified atom stereocenters. The van der Waals surface area contributed by atoms with E-state index in [-0.39, 0.29) is 21.8 Å². The summed E-state index contributed by atoms with van der Waals surface area (Å²) in [5.74, 6) is 0.772. The molecule has 2 heterocycles. The Labute approximate surface area is 287 Å². The number of unbranched alkanes of at least 4 members (excludes halogenated alkanes) is 2. The largest absolute Gasteiger partial charge is 0.270 e. The minimum absolute atomic E-state index is 0.0764. The molecule has 6 aromatic rings. The molecule has 0 N–H and O–H groups in total. The van der Waals surface area contributed by atoms with Crippen LogP contribution in [0.2, 0.25) is 0 Å². The van der Waals surface area contributed by atoms with E-state index in [9.17, 15) is 16.8 Å². The maximum absolute atomic E-state index is 13.6. The van der Waals surface area contributed by atoms with E-state index in [1.54, 1.807) is 33.4 Å². The molecule has 0 aliphatic rings. The van der Waals surface area contributed by atoms with Gasteiger partial charge in [0.05, 0.1) is 11.5 Å². The Morgan fingerprint density at radius 2 is 0.898 bits per heavy atom. The highest BCUT2D eigenvalue weighted by Crippen LogP contribution is 2.25. The van der Waals surface area contributed by atoms with Gasteiger partial charge in [-0.05, 0) is 73.2 Å². The molecule has 0 aliphatic carbocycles. The molecule has 0 saturated heterocycles. The van der Waals surface area contributed by atoms with Crippen LogP contribution in [0, 0.1) is 13.8 Å². The fourth-order valence-electron chi connectivity index (χ4n) is 5.84. The van der Waals surface area contributed by atoms with Crippen molar-refractivity contribution < 1.29 is 16.8 Å². The molecule has 10 nitrogen and oxygen atoms in total. The molecule has 0 aliphatic heterocycles. The Hall–Kier alpha value is -4.94. The summed E-state index contributed by atoms with van der Waals surface area (Å²) in [4.78, 5) is 0. The Morgan fingerprint density at radius 3 is 1.29 bits per heavy atom. The van der Waals surface area contributed by atoms with Crippen molar-refractivity contribution >= 4 is 19.7 Å². The summed E-state index contributed by atoms with van der Waals surface area (Å²) in [6.45, 7) is 3.92. The van der Waals surface area contributed by atoms with Crippen molar-refractivity contribution in [1.29, 1.82) is 0 Å². The SMILES string of the molecule is Cc1cccc(-n2c(CCCCCc3nnc(S(=O)(=O)Cc4ccccc4)n3-c3cccc(C)c3)nnc2S(=O)(=O)Cc2ccccc2)c1. The van der Waals surface area contributed by atoms with Crippen LogP contribution in [0.4, 0.5) is 0 Å². The van der Waals surface area contributed by atoms with Crippen LogP contribution < -0.4 is 0 Å². The number of sulfone groups is 2. The standard InChI is InChI=1S/C37H38N6O4S2/c1-28-14-12-20-32(24-28)42-34(38-40-36(42)48(44,45)26-30-16-6-3-7-17-30)22-10-5-11-23-35-39-41-37(43(35)33-21-13-15-29(2)25-33)49(46,47)27-31-18-8-4-9-19-31/h3-4,6-9,12-21,24-25H,5,10-11,22-23,26-27H2,1-2H3. The van der Waals surface area contributed by atoms with Gasteiger partial charge in [0.15, 0.2) is 0 Å². The monoisotopic (exact) mass is 694 g/mol. The third-order valence-electron chi connectivity index (χ3n) is 8.18. The van der Waals surface area contributed by atoms with Gasteiger partial charge >= 0.3 is 0 Å². The fourth-order valence-corrected chi connectivity index (χ4v) is 8.67. The summed E-state index contributed by atoms with van der Waals surface area (Å²) in [6, 6.07) is 33.4. The van der Waals surface area contributed by atoms with Crippen molar-refractivity contribution in [2.45, 2.75) is 67.8 Å². The highest BCUT2D eigenvalue weighted by Gasteiger charge is 2.28. The van der Waals surface area contributed by atoms with Crippen molar-refractivity contribution in [2.24, 2.45) is 0 Å². The average Bonchev–Trinajstić information content (AvgIpc) is 3.71. The Balaban J connectivity index is 1.20. The lowest BCUT2D eigenvalue weighted by molar-refractivity contribution is 0.580. The number of rotatable bonds is 14.